The summed E-state index contributed by atoms with van der Waals surface area (Å²) in [5.41, 5.74) is 3.36. The van der Waals surface area contributed by atoms with Crippen LogP contribution in [0.1, 0.15) is 21.7 Å². The van der Waals surface area contributed by atoms with Crippen molar-refractivity contribution in [3.63, 3.8) is 0 Å². The molecule has 0 atom stereocenters. The molecule has 1 amide bonds. The van der Waals surface area contributed by atoms with Crippen molar-refractivity contribution < 1.29 is 9.18 Å². The third-order valence-electron chi connectivity index (χ3n) is 4.31. The predicted octanol–water partition coefficient (Wildman–Crippen LogP) is 4.43. The molecule has 2 aromatic heterocycles. The number of amides is 1. The molecule has 0 fully saturated rings. The molecule has 134 valence electrons. The van der Waals surface area contributed by atoms with Crippen molar-refractivity contribution in [2.75, 3.05) is 5.32 Å². The number of hydrogen-bond donors (Lipinski definition) is 1. The molecule has 1 N–H and O–H groups in total. The number of para-hydroxylation sites is 2. The number of benzene rings is 2. The number of rotatable bonds is 3. The van der Waals surface area contributed by atoms with Crippen molar-refractivity contribution in [3.05, 3.63) is 83.4 Å². The Labute approximate surface area is 155 Å². The van der Waals surface area contributed by atoms with Crippen LogP contribution < -0.4 is 5.32 Å². The van der Waals surface area contributed by atoms with Crippen LogP contribution in [0.4, 0.5) is 10.1 Å². The normalized spacial score (nSPS) is 10.9. The molecule has 0 saturated heterocycles. The average Bonchev–Trinajstić information content (AvgIpc) is 3.00. The third kappa shape index (κ3) is 3.06. The largest absolute Gasteiger partial charge is 0.319 e. The molecule has 4 aromatic rings. The van der Waals surface area contributed by atoms with Crippen LogP contribution in [0.3, 0.4) is 0 Å². The van der Waals surface area contributed by atoms with Gasteiger partial charge in [-0.2, -0.15) is 5.10 Å². The van der Waals surface area contributed by atoms with Gasteiger partial charge in [-0.05, 0) is 44.2 Å². The smallest absolute Gasteiger partial charge is 0.256 e. The van der Waals surface area contributed by atoms with Crippen molar-refractivity contribution in [3.8, 4) is 5.69 Å². The predicted molar refractivity (Wildman–Crippen MR) is 103 cm³/mol. The number of hydrogen-bond acceptors (Lipinski definition) is 3. The van der Waals surface area contributed by atoms with Gasteiger partial charge in [-0.15, -0.1) is 0 Å². The van der Waals surface area contributed by atoms with Crippen LogP contribution >= 0.6 is 0 Å². The van der Waals surface area contributed by atoms with E-state index in [1.165, 1.54) is 12.1 Å². The van der Waals surface area contributed by atoms with Gasteiger partial charge in [0, 0.05) is 5.69 Å². The Hall–Kier alpha value is -3.54. The molecule has 0 aliphatic rings. The molecule has 0 saturated carbocycles. The van der Waals surface area contributed by atoms with E-state index >= 15 is 0 Å². The summed E-state index contributed by atoms with van der Waals surface area (Å²) in [6.07, 6.45) is 0. The molecule has 4 rings (SSSR count). The number of fused-ring (bicyclic) bond motifs is 1. The lowest BCUT2D eigenvalue weighted by Gasteiger charge is -2.09. The van der Waals surface area contributed by atoms with E-state index < -0.39 is 11.7 Å². The molecule has 0 unspecified atom stereocenters. The molecule has 2 aromatic carbocycles. The molecule has 0 aliphatic heterocycles. The molecule has 0 spiro atoms. The number of anilines is 1. The Morgan fingerprint density at radius 2 is 1.74 bits per heavy atom. The number of halogens is 1. The topological polar surface area (TPSA) is 59.8 Å². The van der Waals surface area contributed by atoms with Gasteiger partial charge in [-0.25, -0.2) is 14.1 Å². The summed E-state index contributed by atoms with van der Waals surface area (Å²) in [4.78, 5) is 17.5. The SMILES string of the molecule is Cc1cc(C(=O)Nc2ccccc2F)c2c(C)nn(-c3ccccc3)c2n1. The highest BCUT2D eigenvalue weighted by molar-refractivity contribution is 6.12. The van der Waals surface area contributed by atoms with E-state index in [2.05, 4.69) is 15.4 Å². The van der Waals surface area contributed by atoms with Gasteiger partial charge in [-0.1, -0.05) is 30.3 Å². The zero-order chi connectivity index (χ0) is 19.0. The summed E-state index contributed by atoms with van der Waals surface area (Å²) in [5, 5.41) is 7.86. The first-order valence-corrected chi connectivity index (χ1v) is 8.53. The summed E-state index contributed by atoms with van der Waals surface area (Å²) in [7, 11) is 0. The molecular formula is C21H17FN4O. The van der Waals surface area contributed by atoms with Crippen LogP contribution in [0, 0.1) is 19.7 Å². The van der Waals surface area contributed by atoms with E-state index in [1.54, 1.807) is 22.9 Å². The van der Waals surface area contributed by atoms with Gasteiger partial charge in [0.05, 0.1) is 28.0 Å². The van der Waals surface area contributed by atoms with Gasteiger partial charge in [0.15, 0.2) is 5.65 Å². The minimum atomic E-state index is -0.482. The molecule has 27 heavy (non-hydrogen) atoms. The van der Waals surface area contributed by atoms with Crippen molar-refractivity contribution in [1.29, 1.82) is 0 Å². The van der Waals surface area contributed by atoms with E-state index in [9.17, 15) is 9.18 Å². The molecule has 0 radical (unpaired) electrons. The van der Waals surface area contributed by atoms with Crippen molar-refractivity contribution >= 4 is 22.6 Å². The highest BCUT2D eigenvalue weighted by atomic mass is 19.1. The van der Waals surface area contributed by atoms with Crippen LogP contribution in [0.25, 0.3) is 16.7 Å². The summed E-state index contributed by atoms with van der Waals surface area (Å²) in [6.45, 7) is 3.65. The molecule has 5 nitrogen and oxygen atoms in total. The summed E-state index contributed by atoms with van der Waals surface area (Å²) < 4.78 is 15.6. The first-order valence-electron chi connectivity index (χ1n) is 8.53. The number of nitrogens with zero attached hydrogens (tertiary/aromatic N) is 3. The maximum absolute atomic E-state index is 13.9. The Kier molecular flexibility index (Phi) is 4.16. The summed E-state index contributed by atoms with van der Waals surface area (Å²) in [6, 6.07) is 17.4. The van der Waals surface area contributed by atoms with Crippen molar-refractivity contribution in [1.82, 2.24) is 14.8 Å². The van der Waals surface area contributed by atoms with Gasteiger partial charge in [-0.3, -0.25) is 4.79 Å². The molecule has 0 bridgehead atoms. The lowest BCUT2D eigenvalue weighted by Crippen LogP contribution is -2.14. The number of carbonyl (C=O) groups is 1. The fraction of sp³-hybridized carbons (Fsp3) is 0.0952. The quantitative estimate of drug-likeness (QED) is 0.588. The van der Waals surface area contributed by atoms with Gasteiger partial charge in [0.2, 0.25) is 0 Å². The molecule has 2 heterocycles. The van der Waals surface area contributed by atoms with E-state index in [0.29, 0.717) is 28.0 Å². The highest BCUT2D eigenvalue weighted by Crippen LogP contribution is 2.26. The number of aromatic nitrogens is 3. The first-order chi connectivity index (χ1) is 13.0. The second kappa shape index (κ2) is 6.64. The van der Waals surface area contributed by atoms with Crippen molar-refractivity contribution in [2.24, 2.45) is 0 Å². The first kappa shape index (κ1) is 16.9. The second-order valence-corrected chi connectivity index (χ2v) is 6.28. The Morgan fingerprint density at radius 1 is 1.04 bits per heavy atom. The van der Waals surface area contributed by atoms with Crippen LogP contribution in [0.2, 0.25) is 0 Å². The van der Waals surface area contributed by atoms with Gasteiger partial charge in [0.25, 0.3) is 5.91 Å². The van der Waals surface area contributed by atoms with Crippen LogP contribution in [-0.4, -0.2) is 20.7 Å². The van der Waals surface area contributed by atoms with Crippen LogP contribution in [-0.2, 0) is 0 Å². The number of pyridine rings is 1. The van der Waals surface area contributed by atoms with E-state index in [1.807, 2.05) is 44.2 Å². The fourth-order valence-corrected chi connectivity index (χ4v) is 3.09. The van der Waals surface area contributed by atoms with E-state index in [0.717, 1.165) is 5.69 Å². The number of nitrogens with one attached hydrogen (secondary N) is 1. The fourth-order valence-electron chi connectivity index (χ4n) is 3.09. The van der Waals surface area contributed by atoms with Crippen LogP contribution in [0.5, 0.6) is 0 Å². The van der Waals surface area contributed by atoms with Crippen molar-refractivity contribution in [2.45, 2.75) is 13.8 Å². The second-order valence-electron chi connectivity index (χ2n) is 6.28. The van der Waals surface area contributed by atoms with Gasteiger partial charge < -0.3 is 5.32 Å². The highest BCUT2D eigenvalue weighted by Gasteiger charge is 2.20. The van der Waals surface area contributed by atoms with Gasteiger partial charge in [0.1, 0.15) is 5.82 Å². The Bertz CT molecular complexity index is 1150. The lowest BCUT2D eigenvalue weighted by molar-refractivity contribution is 0.102. The number of aryl methyl sites for hydroxylation is 2. The zero-order valence-corrected chi connectivity index (χ0v) is 14.9. The third-order valence-corrected chi connectivity index (χ3v) is 4.31. The Morgan fingerprint density at radius 3 is 2.48 bits per heavy atom. The monoisotopic (exact) mass is 360 g/mol. The zero-order valence-electron chi connectivity index (χ0n) is 14.9. The minimum Gasteiger partial charge on any atom is -0.319 e. The maximum atomic E-state index is 13.9. The summed E-state index contributed by atoms with van der Waals surface area (Å²) in [5.74, 6) is -0.879. The maximum Gasteiger partial charge on any atom is 0.256 e. The lowest BCUT2D eigenvalue weighted by atomic mass is 10.1. The van der Waals surface area contributed by atoms with E-state index in [-0.39, 0.29) is 5.69 Å². The molecule has 6 heteroatoms. The van der Waals surface area contributed by atoms with Gasteiger partial charge >= 0.3 is 0 Å². The molecule has 0 aliphatic carbocycles. The standard InChI is InChI=1S/C21H17FN4O/c1-13-12-16(21(27)24-18-11-7-6-10-17(18)22)19-14(2)25-26(20(19)23-13)15-8-4-3-5-9-15/h3-12H,1-2H3,(H,24,27). The summed E-state index contributed by atoms with van der Waals surface area (Å²) >= 11 is 0. The molecular weight excluding hydrogens is 343 g/mol. The minimum absolute atomic E-state index is 0.137. The average molecular weight is 360 g/mol. The number of carbonyl (C=O) groups excluding carboxylic acids is 1. The van der Waals surface area contributed by atoms with E-state index in [4.69, 9.17) is 0 Å². The van der Waals surface area contributed by atoms with Crippen LogP contribution in [0.15, 0.2) is 60.7 Å². The Balaban J connectivity index is 1.85.